The number of hydrogen-bond acceptors (Lipinski definition) is 4. The van der Waals surface area contributed by atoms with Gasteiger partial charge in [-0.3, -0.25) is 9.59 Å². The molecule has 7 heteroatoms. The summed E-state index contributed by atoms with van der Waals surface area (Å²) < 4.78 is 25.2. The highest BCUT2D eigenvalue weighted by atomic mass is 19.1. The lowest BCUT2D eigenvalue weighted by molar-refractivity contribution is -0.132. The largest absolute Gasteiger partial charge is 0.490 e. The van der Waals surface area contributed by atoms with Gasteiger partial charge in [0.25, 0.3) is 5.91 Å². The normalized spacial score (nSPS) is 16.2. The summed E-state index contributed by atoms with van der Waals surface area (Å²) in [5.41, 5.74) is 1.10. The van der Waals surface area contributed by atoms with Crippen LogP contribution in [-0.4, -0.2) is 61.0 Å². The van der Waals surface area contributed by atoms with Gasteiger partial charge in [0.1, 0.15) is 5.82 Å². The van der Waals surface area contributed by atoms with Crippen LogP contribution in [-0.2, 0) is 11.2 Å². The summed E-state index contributed by atoms with van der Waals surface area (Å²) in [5.74, 6) is 0.694. The van der Waals surface area contributed by atoms with Crippen LogP contribution in [0.15, 0.2) is 42.5 Å². The van der Waals surface area contributed by atoms with Crippen molar-refractivity contribution in [2.24, 2.45) is 0 Å². The van der Waals surface area contributed by atoms with Crippen LogP contribution in [0.4, 0.5) is 4.39 Å². The number of hydrogen-bond donors (Lipinski definition) is 0. The van der Waals surface area contributed by atoms with E-state index < -0.39 is 5.82 Å². The van der Waals surface area contributed by atoms with E-state index in [0.717, 1.165) is 23.5 Å². The van der Waals surface area contributed by atoms with Crippen molar-refractivity contribution in [3.8, 4) is 11.5 Å². The summed E-state index contributed by atoms with van der Waals surface area (Å²) >= 11 is 0. The SMILES string of the molecule is O=C(CCc1ccc2c(c1)OCCCO2)N1CCN(C(=O)c2ccccc2F)CC1. The fraction of sp³-hybridized carbons (Fsp3) is 0.391. The van der Waals surface area contributed by atoms with Gasteiger partial charge in [0.2, 0.25) is 5.91 Å². The zero-order chi connectivity index (χ0) is 20.9. The van der Waals surface area contributed by atoms with E-state index in [9.17, 15) is 14.0 Å². The fourth-order valence-corrected chi connectivity index (χ4v) is 3.74. The van der Waals surface area contributed by atoms with Gasteiger partial charge in [0, 0.05) is 39.0 Å². The smallest absolute Gasteiger partial charge is 0.256 e. The Kier molecular flexibility index (Phi) is 6.16. The van der Waals surface area contributed by atoms with E-state index in [-0.39, 0.29) is 17.4 Å². The Morgan fingerprint density at radius 3 is 2.37 bits per heavy atom. The molecule has 0 unspecified atom stereocenters. The lowest BCUT2D eigenvalue weighted by atomic mass is 10.1. The van der Waals surface area contributed by atoms with Crippen molar-refractivity contribution in [2.45, 2.75) is 19.3 Å². The number of ether oxygens (including phenoxy) is 2. The lowest BCUT2D eigenvalue weighted by Crippen LogP contribution is -2.50. The van der Waals surface area contributed by atoms with E-state index >= 15 is 0 Å². The molecule has 0 bridgehead atoms. The van der Waals surface area contributed by atoms with Crippen LogP contribution in [0.5, 0.6) is 11.5 Å². The number of carbonyl (C=O) groups excluding carboxylic acids is 2. The van der Waals surface area contributed by atoms with E-state index in [2.05, 4.69) is 0 Å². The number of halogens is 1. The number of benzene rings is 2. The Morgan fingerprint density at radius 2 is 1.60 bits per heavy atom. The summed E-state index contributed by atoms with van der Waals surface area (Å²) in [6.07, 6.45) is 1.86. The highest BCUT2D eigenvalue weighted by Gasteiger charge is 2.26. The summed E-state index contributed by atoms with van der Waals surface area (Å²) in [6.45, 7) is 3.01. The third kappa shape index (κ3) is 4.56. The molecular formula is C23H25FN2O4. The van der Waals surface area contributed by atoms with E-state index in [1.165, 1.54) is 12.1 Å². The van der Waals surface area contributed by atoms with E-state index in [1.54, 1.807) is 21.9 Å². The van der Waals surface area contributed by atoms with Gasteiger partial charge in [0.05, 0.1) is 18.8 Å². The van der Waals surface area contributed by atoms with Crippen molar-refractivity contribution in [1.82, 2.24) is 9.80 Å². The molecule has 6 nitrogen and oxygen atoms in total. The Labute approximate surface area is 175 Å². The summed E-state index contributed by atoms with van der Waals surface area (Å²) in [7, 11) is 0. The van der Waals surface area contributed by atoms with Crippen molar-refractivity contribution in [1.29, 1.82) is 0 Å². The van der Waals surface area contributed by atoms with Gasteiger partial charge < -0.3 is 19.3 Å². The maximum atomic E-state index is 13.9. The topological polar surface area (TPSA) is 59.1 Å². The van der Waals surface area contributed by atoms with Crippen LogP contribution in [0.3, 0.4) is 0 Å². The Balaban J connectivity index is 1.28. The lowest BCUT2D eigenvalue weighted by Gasteiger charge is -2.35. The molecule has 2 aliphatic rings. The number of fused-ring (bicyclic) bond motifs is 1. The van der Waals surface area contributed by atoms with Gasteiger partial charge in [-0.2, -0.15) is 0 Å². The molecule has 2 aromatic rings. The number of carbonyl (C=O) groups is 2. The molecule has 2 heterocycles. The maximum Gasteiger partial charge on any atom is 0.256 e. The minimum Gasteiger partial charge on any atom is -0.490 e. The molecule has 0 atom stereocenters. The molecule has 2 aliphatic heterocycles. The molecule has 4 rings (SSSR count). The quantitative estimate of drug-likeness (QED) is 0.775. The van der Waals surface area contributed by atoms with Crippen LogP contribution in [0.2, 0.25) is 0 Å². The van der Waals surface area contributed by atoms with Gasteiger partial charge in [-0.25, -0.2) is 4.39 Å². The average molecular weight is 412 g/mol. The molecule has 2 aromatic carbocycles. The highest BCUT2D eigenvalue weighted by Crippen LogP contribution is 2.30. The number of amides is 2. The van der Waals surface area contributed by atoms with E-state index in [4.69, 9.17) is 9.47 Å². The molecule has 0 saturated carbocycles. The first kappa shape index (κ1) is 20.2. The van der Waals surface area contributed by atoms with Crippen LogP contribution in [0.1, 0.15) is 28.8 Å². The van der Waals surface area contributed by atoms with Crippen molar-refractivity contribution >= 4 is 11.8 Å². The average Bonchev–Trinajstić information content (AvgIpc) is 3.02. The molecule has 0 spiro atoms. The summed E-state index contributed by atoms with van der Waals surface area (Å²) in [6, 6.07) is 11.8. The van der Waals surface area contributed by atoms with Crippen LogP contribution < -0.4 is 9.47 Å². The van der Waals surface area contributed by atoms with Gasteiger partial charge >= 0.3 is 0 Å². The van der Waals surface area contributed by atoms with Crippen molar-refractivity contribution in [2.75, 3.05) is 39.4 Å². The van der Waals surface area contributed by atoms with Crippen molar-refractivity contribution in [3.05, 3.63) is 59.4 Å². The molecule has 1 fully saturated rings. The Bertz CT molecular complexity index is 925. The fourth-order valence-electron chi connectivity index (χ4n) is 3.74. The van der Waals surface area contributed by atoms with Crippen LogP contribution >= 0.6 is 0 Å². The standard InChI is InChI=1S/C23H25FN2O4/c24-19-5-2-1-4-18(19)23(28)26-12-10-25(11-13-26)22(27)9-7-17-6-8-20-21(16-17)30-15-3-14-29-20/h1-2,4-6,8,16H,3,7,9-15H2. The molecule has 1 saturated heterocycles. The van der Waals surface area contributed by atoms with E-state index in [0.29, 0.717) is 52.2 Å². The predicted molar refractivity (Wildman–Crippen MR) is 109 cm³/mol. The first-order chi connectivity index (χ1) is 14.6. The number of piperazine rings is 1. The minimum absolute atomic E-state index is 0.0556. The van der Waals surface area contributed by atoms with Gasteiger partial charge in [-0.1, -0.05) is 18.2 Å². The number of rotatable bonds is 4. The van der Waals surface area contributed by atoms with E-state index in [1.807, 2.05) is 18.2 Å². The van der Waals surface area contributed by atoms with Crippen LogP contribution in [0.25, 0.3) is 0 Å². The maximum absolute atomic E-state index is 13.9. The first-order valence-electron chi connectivity index (χ1n) is 10.3. The highest BCUT2D eigenvalue weighted by molar-refractivity contribution is 5.94. The molecular weight excluding hydrogens is 387 g/mol. The van der Waals surface area contributed by atoms with Gasteiger partial charge in [-0.15, -0.1) is 0 Å². The third-order valence-corrected chi connectivity index (χ3v) is 5.46. The molecule has 0 aliphatic carbocycles. The Hall–Kier alpha value is -3.09. The van der Waals surface area contributed by atoms with Crippen molar-refractivity contribution in [3.63, 3.8) is 0 Å². The monoisotopic (exact) mass is 412 g/mol. The van der Waals surface area contributed by atoms with Gasteiger partial charge in [0.15, 0.2) is 11.5 Å². The molecule has 158 valence electrons. The van der Waals surface area contributed by atoms with Crippen LogP contribution in [0, 0.1) is 5.82 Å². The molecule has 0 aromatic heterocycles. The summed E-state index contributed by atoms with van der Waals surface area (Å²) in [5, 5.41) is 0. The van der Waals surface area contributed by atoms with Crippen molar-refractivity contribution < 1.29 is 23.5 Å². The number of aryl methyl sites for hydroxylation is 1. The predicted octanol–water partition coefficient (Wildman–Crippen LogP) is 2.90. The third-order valence-electron chi connectivity index (χ3n) is 5.46. The minimum atomic E-state index is -0.517. The molecule has 0 radical (unpaired) electrons. The second-order valence-electron chi connectivity index (χ2n) is 7.48. The second kappa shape index (κ2) is 9.15. The first-order valence-corrected chi connectivity index (χ1v) is 10.3. The molecule has 30 heavy (non-hydrogen) atoms. The van der Waals surface area contributed by atoms with Gasteiger partial charge in [-0.05, 0) is 36.2 Å². The molecule has 2 amide bonds. The Morgan fingerprint density at radius 1 is 0.900 bits per heavy atom. The zero-order valence-corrected chi connectivity index (χ0v) is 16.8. The molecule has 0 N–H and O–H groups in total. The zero-order valence-electron chi connectivity index (χ0n) is 16.8. The number of nitrogens with zero attached hydrogens (tertiary/aromatic N) is 2. The summed E-state index contributed by atoms with van der Waals surface area (Å²) in [4.78, 5) is 28.5. The second-order valence-corrected chi connectivity index (χ2v) is 7.48.